The summed E-state index contributed by atoms with van der Waals surface area (Å²) in [5.41, 5.74) is 0.911. The summed E-state index contributed by atoms with van der Waals surface area (Å²) in [5, 5.41) is 4.70. The zero-order chi connectivity index (χ0) is 17.2. The van der Waals surface area contributed by atoms with Gasteiger partial charge in [0.1, 0.15) is 5.82 Å². The van der Waals surface area contributed by atoms with Gasteiger partial charge in [0.2, 0.25) is 5.82 Å². The first-order chi connectivity index (χ1) is 12.2. The van der Waals surface area contributed by atoms with Crippen molar-refractivity contribution in [1.82, 2.24) is 9.66 Å². The Bertz CT molecular complexity index is 1110. The zero-order valence-electron chi connectivity index (χ0n) is 13.0. The molecule has 0 saturated heterocycles. The molecule has 0 radical (unpaired) electrons. The largest absolute Gasteiger partial charge is 0.461 e. The van der Waals surface area contributed by atoms with Crippen LogP contribution in [0.5, 0.6) is 0 Å². The van der Waals surface area contributed by atoms with Crippen molar-refractivity contribution in [3.8, 4) is 11.6 Å². The normalized spacial score (nSPS) is 11.4. The van der Waals surface area contributed by atoms with E-state index in [2.05, 4.69) is 10.1 Å². The molecule has 2 aromatic heterocycles. The standard InChI is InChI=1S/C19H12FN3O2/c20-14-9-7-13(8-10-14)12-21-23-18(17-6-3-11-25-17)22-16-5-2-1-4-15(16)19(23)24/h1-12H/b21-12+. The van der Waals surface area contributed by atoms with Crippen molar-refractivity contribution < 1.29 is 8.81 Å². The Labute approximate surface area is 141 Å². The minimum atomic E-state index is -0.335. The molecule has 0 aliphatic rings. The van der Waals surface area contributed by atoms with Crippen LogP contribution in [0.15, 0.2) is 81.2 Å². The molecule has 0 bridgehead atoms. The smallest absolute Gasteiger partial charge is 0.282 e. The highest BCUT2D eigenvalue weighted by molar-refractivity contribution is 5.81. The molecule has 5 nitrogen and oxygen atoms in total. The molecule has 122 valence electrons. The molecular formula is C19H12FN3O2. The maximum absolute atomic E-state index is 13.0. The van der Waals surface area contributed by atoms with E-state index in [9.17, 15) is 9.18 Å². The molecular weight excluding hydrogens is 321 g/mol. The van der Waals surface area contributed by atoms with E-state index in [4.69, 9.17) is 4.42 Å². The molecule has 2 aromatic carbocycles. The number of para-hydroxylation sites is 1. The average molecular weight is 333 g/mol. The van der Waals surface area contributed by atoms with Gasteiger partial charge in [0.05, 0.1) is 23.4 Å². The van der Waals surface area contributed by atoms with Crippen molar-refractivity contribution in [3.05, 3.63) is 88.7 Å². The summed E-state index contributed by atoms with van der Waals surface area (Å²) in [6, 6.07) is 16.3. The molecule has 4 rings (SSSR count). The van der Waals surface area contributed by atoms with Crippen molar-refractivity contribution in [1.29, 1.82) is 0 Å². The fraction of sp³-hybridized carbons (Fsp3) is 0. The molecule has 0 N–H and O–H groups in total. The number of furan rings is 1. The maximum Gasteiger partial charge on any atom is 0.282 e. The van der Waals surface area contributed by atoms with E-state index < -0.39 is 0 Å². The first kappa shape index (κ1) is 15.0. The minimum Gasteiger partial charge on any atom is -0.461 e. The third kappa shape index (κ3) is 2.85. The minimum absolute atomic E-state index is 0.298. The van der Waals surface area contributed by atoms with Crippen LogP contribution < -0.4 is 5.56 Å². The second kappa shape index (κ2) is 6.16. The van der Waals surface area contributed by atoms with E-state index in [-0.39, 0.29) is 11.4 Å². The van der Waals surface area contributed by atoms with Crippen LogP contribution in [0, 0.1) is 5.82 Å². The van der Waals surface area contributed by atoms with Crippen LogP contribution in [0.4, 0.5) is 4.39 Å². The van der Waals surface area contributed by atoms with Gasteiger partial charge in [0.25, 0.3) is 5.56 Å². The number of hydrogen-bond donors (Lipinski definition) is 0. The van der Waals surface area contributed by atoms with Gasteiger partial charge < -0.3 is 4.42 Å². The fourth-order valence-corrected chi connectivity index (χ4v) is 2.47. The Kier molecular flexibility index (Phi) is 3.70. The Hall–Kier alpha value is -3.54. The predicted molar refractivity (Wildman–Crippen MR) is 93.1 cm³/mol. The van der Waals surface area contributed by atoms with Gasteiger partial charge in [-0.3, -0.25) is 4.79 Å². The number of rotatable bonds is 3. The summed E-state index contributed by atoms with van der Waals surface area (Å²) in [6.45, 7) is 0. The molecule has 2 heterocycles. The number of benzene rings is 2. The lowest BCUT2D eigenvalue weighted by Crippen LogP contribution is -2.20. The van der Waals surface area contributed by atoms with Crippen molar-refractivity contribution in [3.63, 3.8) is 0 Å². The molecule has 0 unspecified atom stereocenters. The Morgan fingerprint density at radius 1 is 1.04 bits per heavy atom. The highest BCUT2D eigenvalue weighted by Gasteiger charge is 2.14. The topological polar surface area (TPSA) is 60.4 Å². The van der Waals surface area contributed by atoms with Gasteiger partial charge in [-0.2, -0.15) is 9.78 Å². The van der Waals surface area contributed by atoms with E-state index >= 15 is 0 Å². The lowest BCUT2D eigenvalue weighted by molar-refractivity contribution is 0.571. The third-order valence-electron chi connectivity index (χ3n) is 3.69. The lowest BCUT2D eigenvalue weighted by atomic mass is 10.2. The molecule has 0 spiro atoms. The van der Waals surface area contributed by atoms with Gasteiger partial charge in [0, 0.05) is 0 Å². The molecule has 0 saturated carbocycles. The molecule has 4 aromatic rings. The van der Waals surface area contributed by atoms with Crippen LogP contribution in [-0.2, 0) is 0 Å². The first-order valence-electron chi connectivity index (χ1n) is 7.58. The third-order valence-corrected chi connectivity index (χ3v) is 3.69. The monoisotopic (exact) mass is 333 g/mol. The highest BCUT2D eigenvalue weighted by atomic mass is 19.1. The summed E-state index contributed by atoms with van der Waals surface area (Å²) in [5.74, 6) is 0.393. The Morgan fingerprint density at radius 3 is 2.60 bits per heavy atom. The zero-order valence-corrected chi connectivity index (χ0v) is 13.0. The van der Waals surface area contributed by atoms with Gasteiger partial charge in [0.15, 0.2) is 5.76 Å². The van der Waals surface area contributed by atoms with Crippen LogP contribution in [0.25, 0.3) is 22.5 Å². The molecule has 0 atom stereocenters. The quantitative estimate of drug-likeness (QED) is 0.537. The van der Waals surface area contributed by atoms with Crippen molar-refractivity contribution in [2.75, 3.05) is 0 Å². The second-order valence-electron chi connectivity index (χ2n) is 5.34. The fourth-order valence-electron chi connectivity index (χ4n) is 2.47. The SMILES string of the molecule is O=c1c2ccccc2nc(-c2ccco2)n1/N=C/c1ccc(F)cc1. The lowest BCUT2D eigenvalue weighted by Gasteiger charge is -2.07. The summed E-state index contributed by atoms with van der Waals surface area (Å²) in [4.78, 5) is 17.3. The van der Waals surface area contributed by atoms with Crippen molar-refractivity contribution in [2.24, 2.45) is 5.10 Å². The average Bonchev–Trinajstić information content (AvgIpc) is 3.17. The Balaban J connectivity index is 1.91. The summed E-state index contributed by atoms with van der Waals surface area (Å²) in [6.07, 6.45) is 2.98. The van der Waals surface area contributed by atoms with Crippen LogP contribution in [-0.4, -0.2) is 15.9 Å². The highest BCUT2D eigenvalue weighted by Crippen LogP contribution is 2.19. The first-order valence-corrected chi connectivity index (χ1v) is 7.58. The van der Waals surface area contributed by atoms with Crippen molar-refractivity contribution >= 4 is 17.1 Å². The molecule has 0 aliphatic carbocycles. The van der Waals surface area contributed by atoms with E-state index in [0.717, 1.165) is 0 Å². The summed E-state index contributed by atoms with van der Waals surface area (Å²) in [7, 11) is 0. The van der Waals surface area contributed by atoms with Gasteiger partial charge >= 0.3 is 0 Å². The molecule has 0 aliphatic heterocycles. The van der Waals surface area contributed by atoms with Crippen LogP contribution >= 0.6 is 0 Å². The van der Waals surface area contributed by atoms with Crippen LogP contribution in [0.2, 0.25) is 0 Å². The second-order valence-corrected chi connectivity index (χ2v) is 5.34. The van der Waals surface area contributed by atoms with Crippen molar-refractivity contribution in [2.45, 2.75) is 0 Å². The van der Waals surface area contributed by atoms with Gasteiger partial charge in [-0.15, -0.1) is 0 Å². The van der Waals surface area contributed by atoms with E-state index in [1.807, 2.05) is 6.07 Å². The number of aromatic nitrogens is 2. The van der Waals surface area contributed by atoms with E-state index in [0.29, 0.717) is 28.1 Å². The number of nitrogens with zero attached hydrogens (tertiary/aromatic N) is 3. The van der Waals surface area contributed by atoms with Gasteiger partial charge in [-0.1, -0.05) is 24.3 Å². The van der Waals surface area contributed by atoms with Crippen LogP contribution in [0.1, 0.15) is 5.56 Å². The summed E-state index contributed by atoms with van der Waals surface area (Å²) >= 11 is 0. The van der Waals surface area contributed by atoms with Gasteiger partial charge in [-0.25, -0.2) is 9.37 Å². The Morgan fingerprint density at radius 2 is 1.84 bits per heavy atom. The number of hydrogen-bond acceptors (Lipinski definition) is 4. The van der Waals surface area contributed by atoms with E-state index in [1.165, 1.54) is 29.3 Å². The molecule has 0 fully saturated rings. The van der Waals surface area contributed by atoms with Gasteiger partial charge in [-0.05, 0) is 42.0 Å². The summed E-state index contributed by atoms with van der Waals surface area (Å²) < 4.78 is 19.6. The molecule has 0 amide bonds. The predicted octanol–water partition coefficient (Wildman–Crippen LogP) is 3.68. The number of fused-ring (bicyclic) bond motifs is 1. The van der Waals surface area contributed by atoms with E-state index in [1.54, 1.807) is 42.5 Å². The molecule has 6 heteroatoms. The number of halogens is 1. The molecule has 25 heavy (non-hydrogen) atoms. The van der Waals surface area contributed by atoms with Crippen LogP contribution in [0.3, 0.4) is 0 Å². The maximum atomic E-state index is 13.0.